The van der Waals surface area contributed by atoms with Crippen LogP contribution < -0.4 is 10.6 Å². The SMILES string of the molecule is CNC(=O)C(CC(C)C)NCc1ccccc1C1CC1. The molecule has 2 N–H and O–H groups in total. The number of amides is 1. The van der Waals surface area contributed by atoms with Gasteiger partial charge in [-0.15, -0.1) is 0 Å². The van der Waals surface area contributed by atoms with Crippen molar-refractivity contribution in [2.24, 2.45) is 5.92 Å². The molecule has 3 nitrogen and oxygen atoms in total. The van der Waals surface area contributed by atoms with Gasteiger partial charge >= 0.3 is 0 Å². The maximum Gasteiger partial charge on any atom is 0.236 e. The van der Waals surface area contributed by atoms with Crippen LogP contribution in [-0.4, -0.2) is 19.0 Å². The quantitative estimate of drug-likeness (QED) is 0.803. The normalized spacial score (nSPS) is 16.2. The van der Waals surface area contributed by atoms with Crippen molar-refractivity contribution in [3.63, 3.8) is 0 Å². The largest absolute Gasteiger partial charge is 0.358 e. The van der Waals surface area contributed by atoms with Crippen molar-refractivity contribution in [3.05, 3.63) is 35.4 Å². The maximum absolute atomic E-state index is 11.9. The van der Waals surface area contributed by atoms with Gasteiger partial charge in [-0.2, -0.15) is 0 Å². The first-order valence-electron chi connectivity index (χ1n) is 7.64. The highest BCUT2D eigenvalue weighted by Gasteiger charge is 2.26. The molecular formula is C17H26N2O. The first-order chi connectivity index (χ1) is 9.61. The van der Waals surface area contributed by atoms with Crippen LogP contribution in [-0.2, 0) is 11.3 Å². The van der Waals surface area contributed by atoms with Crippen LogP contribution in [0.15, 0.2) is 24.3 Å². The fourth-order valence-electron chi connectivity index (χ4n) is 2.65. The summed E-state index contributed by atoms with van der Waals surface area (Å²) >= 11 is 0. The molecular weight excluding hydrogens is 248 g/mol. The molecule has 0 saturated heterocycles. The molecule has 3 heteroatoms. The summed E-state index contributed by atoms with van der Waals surface area (Å²) in [4.78, 5) is 11.9. The standard InChI is InChI=1S/C17H26N2O/c1-12(2)10-16(17(20)18-3)19-11-14-6-4-5-7-15(14)13-8-9-13/h4-7,12-13,16,19H,8-11H2,1-3H3,(H,18,20). The van der Waals surface area contributed by atoms with E-state index in [-0.39, 0.29) is 11.9 Å². The highest BCUT2D eigenvalue weighted by Crippen LogP contribution is 2.41. The van der Waals surface area contributed by atoms with Crippen LogP contribution >= 0.6 is 0 Å². The van der Waals surface area contributed by atoms with E-state index in [1.54, 1.807) is 7.05 Å². The lowest BCUT2D eigenvalue weighted by atomic mass is 10.0. The molecule has 1 unspecified atom stereocenters. The highest BCUT2D eigenvalue weighted by molar-refractivity contribution is 5.81. The van der Waals surface area contributed by atoms with E-state index in [1.807, 2.05) is 0 Å². The number of carbonyl (C=O) groups is 1. The summed E-state index contributed by atoms with van der Waals surface area (Å²) in [6.07, 6.45) is 3.48. The third kappa shape index (κ3) is 4.07. The number of hydrogen-bond donors (Lipinski definition) is 2. The van der Waals surface area contributed by atoms with E-state index in [9.17, 15) is 4.79 Å². The van der Waals surface area contributed by atoms with Gasteiger partial charge in [0.1, 0.15) is 0 Å². The lowest BCUT2D eigenvalue weighted by molar-refractivity contribution is -0.123. The van der Waals surface area contributed by atoms with Crippen LogP contribution in [0, 0.1) is 5.92 Å². The van der Waals surface area contributed by atoms with E-state index >= 15 is 0 Å². The van der Waals surface area contributed by atoms with Crippen LogP contribution in [0.2, 0.25) is 0 Å². The van der Waals surface area contributed by atoms with Gasteiger partial charge in [0.2, 0.25) is 5.91 Å². The summed E-state index contributed by atoms with van der Waals surface area (Å²) in [6, 6.07) is 8.50. The van der Waals surface area contributed by atoms with Crippen LogP contribution in [0.25, 0.3) is 0 Å². The Bertz CT molecular complexity index is 452. The van der Waals surface area contributed by atoms with Crippen LogP contribution in [0.4, 0.5) is 0 Å². The minimum Gasteiger partial charge on any atom is -0.358 e. The molecule has 1 amide bonds. The summed E-state index contributed by atoms with van der Waals surface area (Å²) in [5.41, 5.74) is 2.80. The second-order valence-electron chi connectivity index (χ2n) is 6.15. The van der Waals surface area contributed by atoms with E-state index in [0.717, 1.165) is 18.9 Å². The molecule has 0 aromatic heterocycles. The van der Waals surface area contributed by atoms with Gasteiger partial charge < -0.3 is 10.6 Å². The Hall–Kier alpha value is -1.35. The van der Waals surface area contributed by atoms with Crippen molar-refractivity contribution in [2.45, 2.75) is 51.6 Å². The first kappa shape index (κ1) is 15.0. The molecule has 1 aromatic rings. The van der Waals surface area contributed by atoms with E-state index < -0.39 is 0 Å². The fraction of sp³-hybridized carbons (Fsp3) is 0.588. The Morgan fingerprint density at radius 3 is 2.60 bits per heavy atom. The zero-order chi connectivity index (χ0) is 14.5. The van der Waals surface area contributed by atoms with Crippen LogP contribution in [0.1, 0.15) is 50.2 Å². The van der Waals surface area contributed by atoms with Gasteiger partial charge in [0.05, 0.1) is 6.04 Å². The summed E-state index contributed by atoms with van der Waals surface area (Å²) in [5, 5.41) is 6.18. The van der Waals surface area contributed by atoms with Gasteiger partial charge in [0.25, 0.3) is 0 Å². The average Bonchev–Trinajstić information content (AvgIpc) is 3.27. The monoisotopic (exact) mass is 274 g/mol. The van der Waals surface area contributed by atoms with Gasteiger partial charge in [-0.05, 0) is 42.2 Å². The van der Waals surface area contributed by atoms with Crippen molar-refractivity contribution in [1.29, 1.82) is 0 Å². The molecule has 1 saturated carbocycles. The zero-order valence-corrected chi connectivity index (χ0v) is 12.8. The molecule has 1 aromatic carbocycles. The molecule has 1 aliphatic carbocycles. The number of rotatable bonds is 7. The zero-order valence-electron chi connectivity index (χ0n) is 12.8. The second kappa shape index (κ2) is 6.89. The summed E-state index contributed by atoms with van der Waals surface area (Å²) in [5.74, 6) is 1.34. The second-order valence-corrected chi connectivity index (χ2v) is 6.15. The summed E-state index contributed by atoms with van der Waals surface area (Å²) in [7, 11) is 1.70. The molecule has 110 valence electrons. The maximum atomic E-state index is 11.9. The molecule has 0 bridgehead atoms. The molecule has 0 radical (unpaired) electrons. The van der Waals surface area contributed by atoms with Crippen molar-refractivity contribution < 1.29 is 4.79 Å². The van der Waals surface area contributed by atoms with E-state index in [4.69, 9.17) is 0 Å². The van der Waals surface area contributed by atoms with E-state index in [0.29, 0.717) is 5.92 Å². The summed E-state index contributed by atoms with van der Waals surface area (Å²) in [6.45, 7) is 5.07. The number of likely N-dealkylation sites (N-methyl/N-ethyl adjacent to an activating group) is 1. The Labute approximate surface area is 122 Å². The lowest BCUT2D eigenvalue weighted by Crippen LogP contribution is -2.43. The molecule has 0 spiro atoms. The van der Waals surface area contributed by atoms with Crippen molar-refractivity contribution in [1.82, 2.24) is 10.6 Å². The Kier molecular flexibility index (Phi) is 5.18. The molecule has 1 fully saturated rings. The molecule has 0 heterocycles. The Morgan fingerprint density at radius 1 is 1.30 bits per heavy atom. The minimum absolute atomic E-state index is 0.0857. The highest BCUT2D eigenvalue weighted by atomic mass is 16.2. The van der Waals surface area contributed by atoms with Crippen molar-refractivity contribution in [2.75, 3.05) is 7.05 Å². The fourth-order valence-corrected chi connectivity index (χ4v) is 2.65. The topological polar surface area (TPSA) is 41.1 Å². The van der Waals surface area contributed by atoms with Gasteiger partial charge in [-0.3, -0.25) is 4.79 Å². The van der Waals surface area contributed by atoms with Gasteiger partial charge in [-0.25, -0.2) is 0 Å². The lowest BCUT2D eigenvalue weighted by Gasteiger charge is -2.20. The molecule has 20 heavy (non-hydrogen) atoms. The van der Waals surface area contributed by atoms with Crippen molar-refractivity contribution >= 4 is 5.91 Å². The van der Waals surface area contributed by atoms with Crippen LogP contribution in [0.5, 0.6) is 0 Å². The van der Waals surface area contributed by atoms with Gasteiger partial charge in [-0.1, -0.05) is 38.1 Å². The molecule has 0 aliphatic heterocycles. The third-order valence-electron chi connectivity index (χ3n) is 3.88. The first-order valence-corrected chi connectivity index (χ1v) is 7.64. The summed E-state index contributed by atoms with van der Waals surface area (Å²) < 4.78 is 0. The Balaban J connectivity index is 1.99. The Morgan fingerprint density at radius 2 is 2.00 bits per heavy atom. The molecule has 1 atom stereocenters. The number of carbonyl (C=O) groups excluding carboxylic acids is 1. The number of nitrogens with one attached hydrogen (secondary N) is 2. The van der Waals surface area contributed by atoms with Gasteiger partial charge in [0, 0.05) is 13.6 Å². The molecule has 2 rings (SSSR count). The third-order valence-corrected chi connectivity index (χ3v) is 3.88. The predicted molar refractivity (Wildman–Crippen MR) is 82.6 cm³/mol. The van der Waals surface area contributed by atoms with Crippen LogP contribution in [0.3, 0.4) is 0 Å². The number of benzene rings is 1. The molecule has 1 aliphatic rings. The predicted octanol–water partition coefficient (Wildman–Crippen LogP) is 2.81. The van der Waals surface area contributed by atoms with Gasteiger partial charge in [0.15, 0.2) is 0 Å². The number of hydrogen-bond acceptors (Lipinski definition) is 2. The average molecular weight is 274 g/mol. The smallest absolute Gasteiger partial charge is 0.236 e. The van der Waals surface area contributed by atoms with Crippen molar-refractivity contribution in [3.8, 4) is 0 Å². The van der Waals surface area contributed by atoms with E-state index in [1.165, 1.54) is 24.0 Å². The van der Waals surface area contributed by atoms with E-state index in [2.05, 4.69) is 48.7 Å². The minimum atomic E-state index is -0.104.